The van der Waals surface area contributed by atoms with Gasteiger partial charge in [-0.3, -0.25) is 9.59 Å². The van der Waals surface area contributed by atoms with Crippen molar-refractivity contribution in [2.24, 2.45) is 0 Å². The Kier molecular flexibility index (Phi) is 9.69. The van der Waals surface area contributed by atoms with Crippen molar-refractivity contribution < 1.29 is 57.7 Å². The summed E-state index contributed by atoms with van der Waals surface area (Å²) in [4.78, 5) is 35.6. The van der Waals surface area contributed by atoms with Crippen LogP contribution in [0.25, 0.3) is 0 Å². The van der Waals surface area contributed by atoms with Gasteiger partial charge in [0.05, 0.1) is 0 Å². The molecule has 1 unspecified atom stereocenters. The van der Waals surface area contributed by atoms with Crippen molar-refractivity contribution in [3.63, 3.8) is 0 Å². The average molecular weight is 461 g/mol. The summed E-state index contributed by atoms with van der Waals surface area (Å²) in [5.41, 5.74) is 1.93. The second-order valence-electron chi connectivity index (χ2n) is 6.77. The van der Waals surface area contributed by atoms with Crippen molar-refractivity contribution in [3.05, 3.63) is 90.0 Å². The number of phosphoric ester groups is 1. The Bertz CT molecular complexity index is 1100. The zero-order chi connectivity index (χ0) is 22.3. The van der Waals surface area contributed by atoms with Crippen LogP contribution < -0.4 is 48.8 Å². The molecule has 0 heterocycles. The Morgan fingerprint density at radius 1 is 0.906 bits per heavy atom. The Morgan fingerprint density at radius 2 is 1.53 bits per heavy atom. The molecular formula is C23H21NNaO6P. The summed E-state index contributed by atoms with van der Waals surface area (Å²) in [6, 6.07) is 21.2. The van der Waals surface area contributed by atoms with Crippen LogP contribution in [-0.4, -0.2) is 11.7 Å². The van der Waals surface area contributed by atoms with Gasteiger partial charge in [-0.2, -0.15) is 0 Å². The largest absolute Gasteiger partial charge is 1.00 e. The average Bonchev–Trinajstić information content (AvgIpc) is 2.73. The monoisotopic (exact) mass is 461 g/mol. The Morgan fingerprint density at radius 3 is 2.16 bits per heavy atom. The predicted octanol–water partition coefficient (Wildman–Crippen LogP) is 1.39. The number of carbonyl (C=O) groups excluding carboxylic acids is 2. The molecule has 0 saturated carbocycles. The number of ketones is 1. The molecule has 1 atom stereocenters. The number of phosphoric acid groups is 1. The summed E-state index contributed by atoms with van der Waals surface area (Å²) in [7, 11) is -4.57. The molecule has 0 fully saturated rings. The second-order valence-corrected chi connectivity index (χ2v) is 8.03. The summed E-state index contributed by atoms with van der Waals surface area (Å²) >= 11 is 0. The number of para-hydroxylation sites is 1. The van der Waals surface area contributed by atoms with Gasteiger partial charge in [-0.1, -0.05) is 42.5 Å². The Labute approximate surface area is 208 Å². The van der Waals surface area contributed by atoms with Gasteiger partial charge in [0.25, 0.3) is 0 Å². The van der Waals surface area contributed by atoms with E-state index in [0.29, 0.717) is 17.7 Å². The van der Waals surface area contributed by atoms with E-state index in [1.807, 2.05) is 0 Å². The number of Topliss-reactive ketones (excluding diaryl/α,β-unsaturated/α-hetero) is 1. The maximum Gasteiger partial charge on any atom is 1.00 e. The van der Waals surface area contributed by atoms with Gasteiger partial charge in [-0.15, -0.1) is 0 Å². The number of hydrogen-bond acceptors (Lipinski definition) is 6. The number of benzene rings is 3. The van der Waals surface area contributed by atoms with Gasteiger partial charge in [-0.25, -0.2) is 4.57 Å². The predicted molar refractivity (Wildman–Crippen MR) is 115 cm³/mol. The van der Waals surface area contributed by atoms with E-state index in [9.17, 15) is 19.0 Å². The van der Waals surface area contributed by atoms with Gasteiger partial charge in [-0.05, 0) is 48.4 Å². The SMILES string of the molecule is CC(=O)Nc1cccc(C(=O)CCc2ccc(OP(=O)([O-])Oc3ccccc3)cc2)c1.[Na+]. The Hall–Kier alpha value is -2.41. The van der Waals surface area contributed by atoms with Crippen molar-refractivity contribution in [3.8, 4) is 11.5 Å². The topological polar surface area (TPSA) is 105 Å². The minimum absolute atomic E-state index is 0. The van der Waals surface area contributed by atoms with Crippen LogP contribution in [0.2, 0.25) is 0 Å². The normalized spacial score (nSPS) is 12.1. The standard InChI is InChI=1S/C23H22NO6P.Na/c1-17(25)24-20-7-5-6-19(16-20)23(26)15-12-18-10-13-22(14-11-18)30-31(27,28)29-21-8-3-2-4-9-21;/h2-11,13-14,16H,12,15H2,1H3,(H,24,25)(H,27,28);/q;+1/p-1. The van der Waals surface area contributed by atoms with Crippen molar-refractivity contribution in [1.29, 1.82) is 0 Å². The van der Waals surface area contributed by atoms with Crippen molar-refractivity contribution in [1.82, 2.24) is 0 Å². The molecule has 9 heteroatoms. The van der Waals surface area contributed by atoms with Gasteiger partial charge < -0.3 is 19.3 Å². The van der Waals surface area contributed by atoms with E-state index in [0.717, 1.165) is 5.56 Å². The molecule has 0 aliphatic heterocycles. The minimum Gasteiger partial charge on any atom is -0.736 e. The molecule has 0 radical (unpaired) electrons. The van der Waals surface area contributed by atoms with Crippen LogP contribution in [0.15, 0.2) is 78.9 Å². The van der Waals surface area contributed by atoms with Crippen LogP contribution >= 0.6 is 7.82 Å². The molecule has 0 aromatic heterocycles. The van der Waals surface area contributed by atoms with E-state index in [2.05, 4.69) is 5.32 Å². The minimum atomic E-state index is -4.57. The van der Waals surface area contributed by atoms with E-state index < -0.39 is 7.82 Å². The smallest absolute Gasteiger partial charge is 0.736 e. The van der Waals surface area contributed by atoms with Gasteiger partial charge in [0.2, 0.25) is 5.91 Å². The number of nitrogens with one attached hydrogen (secondary N) is 1. The van der Waals surface area contributed by atoms with E-state index in [-0.39, 0.29) is 59.2 Å². The fourth-order valence-electron chi connectivity index (χ4n) is 2.85. The zero-order valence-corrected chi connectivity index (χ0v) is 20.7. The Balaban J connectivity index is 0.00000363. The molecule has 3 rings (SSSR count). The molecule has 7 nitrogen and oxygen atoms in total. The quantitative estimate of drug-likeness (QED) is 0.293. The van der Waals surface area contributed by atoms with Crippen LogP contribution in [-0.2, 0) is 15.8 Å². The van der Waals surface area contributed by atoms with Crippen molar-refractivity contribution >= 4 is 25.2 Å². The van der Waals surface area contributed by atoms with E-state index in [4.69, 9.17) is 9.05 Å². The van der Waals surface area contributed by atoms with Crippen LogP contribution in [0, 0.1) is 0 Å². The summed E-state index contributed by atoms with van der Waals surface area (Å²) in [6.45, 7) is 1.40. The molecule has 1 amide bonds. The van der Waals surface area contributed by atoms with Crippen LogP contribution in [0.4, 0.5) is 5.69 Å². The molecule has 0 saturated heterocycles. The zero-order valence-electron chi connectivity index (χ0n) is 17.8. The number of aryl methyl sites for hydroxylation is 1. The maximum absolute atomic E-state index is 12.5. The molecule has 0 spiro atoms. The molecule has 0 aliphatic rings. The molecule has 160 valence electrons. The van der Waals surface area contributed by atoms with E-state index >= 15 is 0 Å². The fraction of sp³-hybridized carbons (Fsp3) is 0.130. The van der Waals surface area contributed by atoms with E-state index in [1.165, 1.54) is 31.2 Å². The van der Waals surface area contributed by atoms with Crippen LogP contribution in [0.3, 0.4) is 0 Å². The summed E-state index contributed by atoms with van der Waals surface area (Å²) in [5.74, 6) is 0.0161. The summed E-state index contributed by atoms with van der Waals surface area (Å²) in [5, 5.41) is 2.65. The van der Waals surface area contributed by atoms with Crippen molar-refractivity contribution in [2.45, 2.75) is 19.8 Å². The first kappa shape index (κ1) is 25.8. The first-order chi connectivity index (χ1) is 14.8. The number of anilines is 1. The maximum atomic E-state index is 12.5. The molecule has 3 aromatic rings. The number of amides is 1. The fourth-order valence-corrected chi connectivity index (χ4v) is 3.65. The number of hydrogen-bond donors (Lipinski definition) is 1. The van der Waals surface area contributed by atoms with Gasteiger partial charge in [0.15, 0.2) is 5.78 Å². The summed E-state index contributed by atoms with van der Waals surface area (Å²) < 4.78 is 21.9. The first-order valence-electron chi connectivity index (χ1n) is 9.56. The van der Waals surface area contributed by atoms with Gasteiger partial charge in [0, 0.05) is 24.6 Å². The molecule has 3 aromatic carbocycles. The number of rotatable bonds is 9. The van der Waals surface area contributed by atoms with Crippen LogP contribution in [0.1, 0.15) is 29.3 Å². The number of carbonyl (C=O) groups is 2. The molecular weight excluding hydrogens is 440 g/mol. The molecule has 0 bridgehead atoms. The molecule has 32 heavy (non-hydrogen) atoms. The van der Waals surface area contributed by atoms with Gasteiger partial charge in [0.1, 0.15) is 11.5 Å². The second kappa shape index (κ2) is 12.0. The molecule has 0 aliphatic carbocycles. The van der Waals surface area contributed by atoms with E-state index in [1.54, 1.807) is 54.6 Å². The third kappa shape index (κ3) is 8.26. The van der Waals surface area contributed by atoms with Gasteiger partial charge >= 0.3 is 37.4 Å². The first-order valence-corrected chi connectivity index (χ1v) is 11.0. The third-order valence-corrected chi connectivity index (χ3v) is 5.12. The summed E-state index contributed by atoms with van der Waals surface area (Å²) in [6.07, 6.45) is 0.736. The third-order valence-electron chi connectivity index (χ3n) is 4.25. The molecule has 1 N–H and O–H groups in total. The van der Waals surface area contributed by atoms with Crippen molar-refractivity contribution in [2.75, 3.05) is 5.32 Å². The van der Waals surface area contributed by atoms with Crippen LogP contribution in [0.5, 0.6) is 11.5 Å².